The molecule has 1 heterocycles. The molecular formula is C27H28ClFN4O2. The maximum Gasteiger partial charge on any atom is 0.253 e. The second-order valence-corrected chi connectivity index (χ2v) is 9.19. The van der Waals surface area contributed by atoms with Crippen LogP contribution in [0, 0.1) is 12.7 Å². The SMILES string of the molecule is Cc1ccc(C(=O)N2CCN(C)CC2)cc1C(=O)c1ccc(Nc2ccc(F)cc2CN)cc1Cl. The first-order valence-corrected chi connectivity index (χ1v) is 11.8. The zero-order valence-corrected chi connectivity index (χ0v) is 20.5. The van der Waals surface area contributed by atoms with Crippen LogP contribution in [0.1, 0.15) is 37.4 Å². The van der Waals surface area contributed by atoms with E-state index >= 15 is 0 Å². The number of amides is 1. The summed E-state index contributed by atoms with van der Waals surface area (Å²) in [6, 6.07) is 14.6. The minimum atomic E-state index is -0.362. The lowest BCUT2D eigenvalue weighted by Crippen LogP contribution is -2.47. The highest BCUT2D eigenvalue weighted by molar-refractivity contribution is 6.35. The third-order valence-corrected chi connectivity index (χ3v) is 6.61. The molecule has 35 heavy (non-hydrogen) atoms. The number of aryl methyl sites for hydroxylation is 1. The van der Waals surface area contributed by atoms with Gasteiger partial charge < -0.3 is 20.9 Å². The fourth-order valence-corrected chi connectivity index (χ4v) is 4.39. The number of nitrogens with two attached hydrogens (primary N) is 1. The van der Waals surface area contributed by atoms with Gasteiger partial charge in [-0.2, -0.15) is 0 Å². The van der Waals surface area contributed by atoms with Crippen LogP contribution in [0.5, 0.6) is 0 Å². The van der Waals surface area contributed by atoms with Crippen molar-refractivity contribution in [1.29, 1.82) is 0 Å². The molecule has 0 spiro atoms. The Labute approximate surface area is 209 Å². The standard InChI is InChI=1S/C27H28ClFN4O2/c1-17-3-4-18(27(35)33-11-9-32(2)10-12-33)14-23(17)26(34)22-7-6-21(15-24(22)28)31-25-8-5-20(29)13-19(25)16-30/h3-8,13-15,31H,9-12,16,30H2,1-2H3. The van der Waals surface area contributed by atoms with E-state index in [1.54, 1.807) is 42.5 Å². The first-order chi connectivity index (χ1) is 16.8. The van der Waals surface area contributed by atoms with Crippen LogP contribution in [0.2, 0.25) is 5.02 Å². The summed E-state index contributed by atoms with van der Waals surface area (Å²) in [5, 5.41) is 3.45. The predicted octanol–water partition coefficient (Wildman–Crippen LogP) is 4.61. The molecule has 0 saturated carbocycles. The number of hydrogen-bond donors (Lipinski definition) is 2. The number of ketones is 1. The van der Waals surface area contributed by atoms with E-state index in [4.69, 9.17) is 17.3 Å². The maximum atomic E-state index is 13.5. The Kier molecular flexibility index (Phi) is 7.50. The van der Waals surface area contributed by atoms with Crippen LogP contribution in [0.15, 0.2) is 54.6 Å². The normalized spacial score (nSPS) is 14.1. The zero-order valence-electron chi connectivity index (χ0n) is 19.8. The Morgan fingerprint density at radius 1 is 1.00 bits per heavy atom. The summed E-state index contributed by atoms with van der Waals surface area (Å²) in [7, 11) is 2.03. The Bertz CT molecular complexity index is 1270. The summed E-state index contributed by atoms with van der Waals surface area (Å²) in [4.78, 5) is 30.4. The van der Waals surface area contributed by atoms with Crippen LogP contribution >= 0.6 is 11.6 Å². The number of carbonyl (C=O) groups is 2. The first-order valence-electron chi connectivity index (χ1n) is 11.4. The highest BCUT2D eigenvalue weighted by atomic mass is 35.5. The van der Waals surface area contributed by atoms with Crippen LogP contribution in [0.4, 0.5) is 15.8 Å². The van der Waals surface area contributed by atoms with Crippen molar-refractivity contribution in [3.63, 3.8) is 0 Å². The lowest BCUT2D eigenvalue weighted by atomic mass is 9.96. The van der Waals surface area contributed by atoms with Crippen LogP contribution in [0.25, 0.3) is 0 Å². The number of nitrogens with zero attached hydrogens (tertiary/aromatic N) is 2. The van der Waals surface area contributed by atoms with Crippen molar-refractivity contribution in [2.45, 2.75) is 13.5 Å². The van der Waals surface area contributed by atoms with E-state index in [1.807, 2.05) is 18.9 Å². The molecule has 0 aromatic heterocycles. The van der Waals surface area contributed by atoms with Crippen LogP contribution in [-0.2, 0) is 6.54 Å². The Morgan fingerprint density at radius 2 is 1.74 bits per heavy atom. The fourth-order valence-electron chi connectivity index (χ4n) is 4.12. The molecule has 0 bridgehead atoms. The van der Waals surface area contributed by atoms with Gasteiger partial charge >= 0.3 is 0 Å². The molecule has 1 aliphatic rings. The van der Waals surface area contributed by atoms with Gasteiger partial charge in [0.1, 0.15) is 5.82 Å². The highest BCUT2D eigenvalue weighted by Crippen LogP contribution is 2.28. The smallest absolute Gasteiger partial charge is 0.253 e. The molecule has 6 nitrogen and oxygen atoms in total. The molecule has 1 aliphatic heterocycles. The Hall–Kier alpha value is -3.26. The molecule has 182 valence electrons. The van der Waals surface area contributed by atoms with E-state index in [1.165, 1.54) is 12.1 Å². The average Bonchev–Trinajstić information content (AvgIpc) is 2.85. The van der Waals surface area contributed by atoms with Crippen molar-refractivity contribution in [2.75, 3.05) is 38.5 Å². The summed E-state index contributed by atoms with van der Waals surface area (Å²) < 4.78 is 13.5. The van der Waals surface area contributed by atoms with Crippen molar-refractivity contribution in [3.8, 4) is 0 Å². The van der Waals surface area contributed by atoms with Gasteiger partial charge in [0.15, 0.2) is 5.78 Å². The third kappa shape index (κ3) is 5.53. The monoisotopic (exact) mass is 494 g/mol. The number of piperazine rings is 1. The van der Waals surface area contributed by atoms with E-state index in [2.05, 4.69) is 10.2 Å². The fraction of sp³-hybridized carbons (Fsp3) is 0.259. The summed E-state index contributed by atoms with van der Waals surface area (Å²) in [6.07, 6.45) is 0. The molecule has 8 heteroatoms. The van der Waals surface area contributed by atoms with Crippen molar-refractivity contribution in [3.05, 3.63) is 93.3 Å². The molecule has 3 aromatic carbocycles. The van der Waals surface area contributed by atoms with Gasteiger partial charge in [0.25, 0.3) is 5.91 Å². The molecule has 0 atom stereocenters. The summed E-state index contributed by atoms with van der Waals surface area (Å²) >= 11 is 6.50. The number of nitrogens with one attached hydrogen (secondary N) is 1. The minimum absolute atomic E-state index is 0.0761. The van der Waals surface area contributed by atoms with Crippen LogP contribution in [0.3, 0.4) is 0 Å². The molecule has 3 aromatic rings. The molecular weight excluding hydrogens is 467 g/mol. The number of likely N-dealkylation sites (N-methyl/N-ethyl adjacent to an activating group) is 1. The Morgan fingerprint density at radius 3 is 2.43 bits per heavy atom. The number of rotatable bonds is 6. The lowest BCUT2D eigenvalue weighted by molar-refractivity contribution is 0.0664. The van der Waals surface area contributed by atoms with Gasteiger partial charge in [-0.25, -0.2) is 4.39 Å². The number of hydrogen-bond acceptors (Lipinski definition) is 5. The largest absolute Gasteiger partial charge is 0.355 e. The lowest BCUT2D eigenvalue weighted by Gasteiger charge is -2.32. The van der Waals surface area contributed by atoms with Crippen LogP contribution < -0.4 is 11.1 Å². The van der Waals surface area contributed by atoms with E-state index in [0.717, 1.165) is 18.7 Å². The first kappa shape index (κ1) is 24.9. The molecule has 0 radical (unpaired) electrons. The van der Waals surface area contributed by atoms with Gasteiger partial charge in [-0.15, -0.1) is 0 Å². The predicted molar refractivity (Wildman–Crippen MR) is 137 cm³/mol. The molecule has 0 aliphatic carbocycles. The number of halogens is 2. The summed E-state index contributed by atoms with van der Waals surface area (Å²) in [5.41, 5.74) is 9.69. The highest BCUT2D eigenvalue weighted by Gasteiger charge is 2.23. The number of benzene rings is 3. The van der Waals surface area contributed by atoms with E-state index in [0.29, 0.717) is 46.7 Å². The van der Waals surface area contributed by atoms with Gasteiger partial charge in [0.05, 0.1) is 5.02 Å². The Balaban J connectivity index is 1.56. The topological polar surface area (TPSA) is 78.7 Å². The molecule has 1 saturated heterocycles. The van der Waals surface area contributed by atoms with E-state index in [9.17, 15) is 14.0 Å². The van der Waals surface area contributed by atoms with Crippen molar-refractivity contribution < 1.29 is 14.0 Å². The van der Waals surface area contributed by atoms with Gasteiger partial charge in [-0.05, 0) is 73.6 Å². The molecule has 1 amide bonds. The zero-order chi connectivity index (χ0) is 25.1. The van der Waals surface area contributed by atoms with Gasteiger partial charge in [0, 0.05) is 60.8 Å². The molecule has 4 rings (SSSR count). The molecule has 3 N–H and O–H groups in total. The number of anilines is 2. The summed E-state index contributed by atoms with van der Waals surface area (Å²) in [6.45, 7) is 4.98. The molecule has 0 unspecified atom stereocenters. The summed E-state index contributed by atoms with van der Waals surface area (Å²) in [5.74, 6) is -0.692. The van der Waals surface area contributed by atoms with Crippen molar-refractivity contribution >= 4 is 34.7 Å². The second kappa shape index (κ2) is 10.6. The second-order valence-electron chi connectivity index (χ2n) is 8.78. The quantitative estimate of drug-likeness (QED) is 0.489. The molecule has 1 fully saturated rings. The van der Waals surface area contributed by atoms with Gasteiger partial charge in [-0.1, -0.05) is 17.7 Å². The average molecular weight is 495 g/mol. The number of carbonyl (C=O) groups excluding carboxylic acids is 2. The van der Waals surface area contributed by atoms with E-state index in [-0.39, 0.29) is 29.1 Å². The van der Waals surface area contributed by atoms with Crippen molar-refractivity contribution in [2.24, 2.45) is 5.73 Å². The van der Waals surface area contributed by atoms with Gasteiger partial charge in [0.2, 0.25) is 0 Å². The maximum absolute atomic E-state index is 13.5. The minimum Gasteiger partial charge on any atom is -0.355 e. The van der Waals surface area contributed by atoms with Crippen molar-refractivity contribution in [1.82, 2.24) is 9.80 Å². The van der Waals surface area contributed by atoms with Gasteiger partial charge in [-0.3, -0.25) is 9.59 Å². The van der Waals surface area contributed by atoms with Crippen LogP contribution in [-0.4, -0.2) is 54.7 Å². The third-order valence-electron chi connectivity index (χ3n) is 6.30. The van der Waals surface area contributed by atoms with E-state index < -0.39 is 0 Å².